The number of benzene rings is 1. The maximum absolute atomic E-state index is 11.5. The summed E-state index contributed by atoms with van der Waals surface area (Å²) in [6, 6.07) is 3.34. The monoisotopic (exact) mass is 280 g/mol. The van der Waals surface area contributed by atoms with Gasteiger partial charge in [-0.3, -0.25) is 4.79 Å². The van der Waals surface area contributed by atoms with Gasteiger partial charge in [-0.25, -0.2) is 0 Å². The van der Waals surface area contributed by atoms with Crippen molar-refractivity contribution in [3.8, 4) is 17.2 Å². The summed E-state index contributed by atoms with van der Waals surface area (Å²) < 4.78 is 21.1. The maximum Gasteiger partial charge on any atom is 0.311 e. The average molecular weight is 280 g/mol. The molecule has 3 atom stereocenters. The van der Waals surface area contributed by atoms with Crippen LogP contribution in [-0.4, -0.2) is 38.5 Å². The van der Waals surface area contributed by atoms with E-state index in [4.69, 9.17) is 18.9 Å². The molecule has 0 spiro atoms. The molecule has 0 radical (unpaired) electrons. The SMILES string of the molecule is COc1cc([C@@H]2OC[C@@H]3C(=O)OC[C@@H]32)cc(O)c1OC. The first-order valence-electron chi connectivity index (χ1n) is 6.38. The number of carbonyl (C=O) groups is 1. The number of ether oxygens (including phenoxy) is 4. The van der Waals surface area contributed by atoms with Gasteiger partial charge in [0.15, 0.2) is 11.5 Å². The Morgan fingerprint density at radius 2 is 2.05 bits per heavy atom. The second-order valence-electron chi connectivity index (χ2n) is 4.93. The zero-order chi connectivity index (χ0) is 14.3. The van der Waals surface area contributed by atoms with Crippen molar-refractivity contribution in [2.24, 2.45) is 11.8 Å². The highest BCUT2D eigenvalue weighted by Crippen LogP contribution is 2.46. The lowest BCUT2D eigenvalue weighted by atomic mass is 9.90. The summed E-state index contributed by atoms with van der Waals surface area (Å²) in [5, 5.41) is 10.00. The Hall–Kier alpha value is -1.95. The number of hydrogen-bond acceptors (Lipinski definition) is 6. The van der Waals surface area contributed by atoms with Crippen LogP contribution in [0.3, 0.4) is 0 Å². The van der Waals surface area contributed by atoms with Crippen molar-refractivity contribution < 1.29 is 28.8 Å². The molecule has 0 aliphatic carbocycles. The number of aromatic hydroxyl groups is 1. The number of phenols is 1. The van der Waals surface area contributed by atoms with Gasteiger partial charge in [0.1, 0.15) is 0 Å². The number of cyclic esters (lactones) is 1. The first-order valence-corrected chi connectivity index (χ1v) is 6.38. The van der Waals surface area contributed by atoms with Crippen LogP contribution in [-0.2, 0) is 14.3 Å². The fourth-order valence-electron chi connectivity index (χ4n) is 2.87. The Morgan fingerprint density at radius 3 is 2.75 bits per heavy atom. The van der Waals surface area contributed by atoms with Crippen LogP contribution in [0, 0.1) is 11.8 Å². The molecule has 1 N–H and O–H groups in total. The van der Waals surface area contributed by atoms with Crippen molar-refractivity contribution in [1.82, 2.24) is 0 Å². The van der Waals surface area contributed by atoms with E-state index in [1.165, 1.54) is 14.2 Å². The summed E-state index contributed by atoms with van der Waals surface area (Å²) in [5.74, 6) is 0.265. The molecule has 6 nitrogen and oxygen atoms in total. The molecule has 2 aliphatic rings. The average Bonchev–Trinajstić information content (AvgIpc) is 3.01. The van der Waals surface area contributed by atoms with E-state index < -0.39 is 0 Å². The van der Waals surface area contributed by atoms with Gasteiger partial charge in [-0.05, 0) is 17.7 Å². The van der Waals surface area contributed by atoms with Crippen molar-refractivity contribution in [2.75, 3.05) is 27.4 Å². The van der Waals surface area contributed by atoms with Crippen molar-refractivity contribution >= 4 is 5.97 Å². The molecule has 0 unspecified atom stereocenters. The van der Waals surface area contributed by atoms with Crippen LogP contribution in [0.15, 0.2) is 12.1 Å². The normalized spacial score (nSPS) is 28.1. The van der Waals surface area contributed by atoms with Crippen LogP contribution >= 0.6 is 0 Å². The molecule has 20 heavy (non-hydrogen) atoms. The van der Waals surface area contributed by atoms with E-state index in [9.17, 15) is 9.90 Å². The highest BCUT2D eigenvalue weighted by atomic mass is 16.6. The highest BCUT2D eigenvalue weighted by Gasteiger charge is 2.48. The number of phenolic OH excluding ortho intramolecular Hbond substituents is 1. The smallest absolute Gasteiger partial charge is 0.311 e. The summed E-state index contributed by atoms with van der Waals surface area (Å²) in [4.78, 5) is 11.5. The Bertz CT molecular complexity index is 541. The zero-order valence-electron chi connectivity index (χ0n) is 11.3. The highest BCUT2D eigenvalue weighted by molar-refractivity contribution is 5.75. The lowest BCUT2D eigenvalue weighted by Gasteiger charge is -2.18. The third-order valence-electron chi connectivity index (χ3n) is 3.89. The molecule has 1 aromatic rings. The predicted molar refractivity (Wildman–Crippen MR) is 67.8 cm³/mol. The molecule has 1 aromatic carbocycles. The fourth-order valence-corrected chi connectivity index (χ4v) is 2.87. The molecule has 0 bridgehead atoms. The Morgan fingerprint density at radius 1 is 1.25 bits per heavy atom. The van der Waals surface area contributed by atoms with E-state index in [0.29, 0.717) is 19.0 Å². The van der Waals surface area contributed by atoms with Crippen LogP contribution < -0.4 is 9.47 Å². The molecule has 3 rings (SSSR count). The number of carbonyl (C=O) groups excluding carboxylic acids is 1. The lowest BCUT2D eigenvalue weighted by molar-refractivity contribution is -0.142. The van der Waals surface area contributed by atoms with Gasteiger partial charge >= 0.3 is 5.97 Å². The summed E-state index contributed by atoms with van der Waals surface area (Å²) in [6.45, 7) is 0.701. The van der Waals surface area contributed by atoms with Gasteiger partial charge in [-0.1, -0.05) is 0 Å². The lowest BCUT2D eigenvalue weighted by Crippen LogP contribution is -2.14. The minimum atomic E-state index is -0.280. The third-order valence-corrected chi connectivity index (χ3v) is 3.89. The number of fused-ring (bicyclic) bond motifs is 1. The van der Waals surface area contributed by atoms with Crippen LogP contribution in [0.25, 0.3) is 0 Å². The molecule has 6 heteroatoms. The van der Waals surface area contributed by atoms with Gasteiger partial charge < -0.3 is 24.1 Å². The molecule has 0 saturated carbocycles. The van der Waals surface area contributed by atoms with E-state index in [1.54, 1.807) is 12.1 Å². The molecule has 108 valence electrons. The van der Waals surface area contributed by atoms with Gasteiger partial charge in [0.25, 0.3) is 0 Å². The van der Waals surface area contributed by atoms with E-state index in [0.717, 1.165) is 5.56 Å². The maximum atomic E-state index is 11.5. The Balaban J connectivity index is 1.95. The number of methoxy groups -OCH3 is 2. The zero-order valence-corrected chi connectivity index (χ0v) is 11.3. The molecular formula is C14H16O6. The van der Waals surface area contributed by atoms with Crippen molar-refractivity contribution in [1.29, 1.82) is 0 Å². The largest absolute Gasteiger partial charge is 0.504 e. The molecule has 2 aliphatic heterocycles. The molecular weight excluding hydrogens is 264 g/mol. The Kier molecular flexibility index (Phi) is 3.17. The molecule has 2 saturated heterocycles. The summed E-state index contributed by atoms with van der Waals surface area (Å²) in [6.07, 6.45) is -0.280. The molecule has 2 fully saturated rings. The molecule has 2 heterocycles. The summed E-state index contributed by atoms with van der Waals surface area (Å²) in [7, 11) is 2.96. The van der Waals surface area contributed by atoms with E-state index in [-0.39, 0.29) is 35.4 Å². The molecule has 0 aromatic heterocycles. The number of rotatable bonds is 3. The van der Waals surface area contributed by atoms with Crippen LogP contribution in [0.5, 0.6) is 17.2 Å². The third kappa shape index (κ3) is 1.87. The standard InChI is InChI=1S/C14H16O6/c1-17-11-4-7(3-10(15)13(11)18-2)12-8-5-20-14(16)9(8)6-19-12/h3-4,8-9,12,15H,5-6H2,1-2H3/t8-,9-,12-/m0/s1. The quantitative estimate of drug-likeness (QED) is 0.840. The van der Waals surface area contributed by atoms with Gasteiger partial charge in [-0.15, -0.1) is 0 Å². The van der Waals surface area contributed by atoms with E-state index in [1.807, 2.05) is 0 Å². The van der Waals surface area contributed by atoms with E-state index >= 15 is 0 Å². The first-order chi connectivity index (χ1) is 9.65. The van der Waals surface area contributed by atoms with Crippen LogP contribution in [0.4, 0.5) is 0 Å². The predicted octanol–water partition coefficient (Wildman–Crippen LogP) is 1.27. The minimum Gasteiger partial charge on any atom is -0.504 e. The second kappa shape index (κ2) is 4.86. The molecule has 0 amide bonds. The van der Waals surface area contributed by atoms with Gasteiger partial charge in [0.05, 0.1) is 39.5 Å². The topological polar surface area (TPSA) is 74.2 Å². The number of esters is 1. The van der Waals surface area contributed by atoms with E-state index in [2.05, 4.69) is 0 Å². The summed E-state index contributed by atoms with van der Waals surface area (Å²) in [5.41, 5.74) is 0.756. The summed E-state index contributed by atoms with van der Waals surface area (Å²) >= 11 is 0. The first kappa shape index (κ1) is 13.1. The van der Waals surface area contributed by atoms with Crippen LogP contribution in [0.1, 0.15) is 11.7 Å². The Labute approximate surface area is 116 Å². The minimum absolute atomic E-state index is 0.0139. The van der Waals surface area contributed by atoms with Crippen molar-refractivity contribution in [2.45, 2.75) is 6.10 Å². The van der Waals surface area contributed by atoms with Gasteiger partial charge in [-0.2, -0.15) is 0 Å². The van der Waals surface area contributed by atoms with Crippen molar-refractivity contribution in [3.05, 3.63) is 17.7 Å². The van der Waals surface area contributed by atoms with Crippen LogP contribution in [0.2, 0.25) is 0 Å². The fraction of sp³-hybridized carbons (Fsp3) is 0.500. The second-order valence-corrected chi connectivity index (χ2v) is 4.93. The van der Waals surface area contributed by atoms with Gasteiger partial charge in [0.2, 0.25) is 5.75 Å². The van der Waals surface area contributed by atoms with Gasteiger partial charge in [0, 0.05) is 5.92 Å². The number of hydrogen-bond donors (Lipinski definition) is 1. The van der Waals surface area contributed by atoms with Crippen molar-refractivity contribution in [3.63, 3.8) is 0 Å².